The van der Waals surface area contributed by atoms with Crippen LogP contribution >= 0.6 is 0 Å². The fourth-order valence-electron chi connectivity index (χ4n) is 3.10. The molecule has 3 atom stereocenters. The first-order chi connectivity index (χ1) is 9.38. The van der Waals surface area contributed by atoms with Crippen molar-refractivity contribution in [2.75, 3.05) is 32.4 Å². The van der Waals surface area contributed by atoms with Crippen molar-refractivity contribution in [2.24, 2.45) is 11.8 Å². The second-order valence-corrected chi connectivity index (χ2v) is 7.88. The summed E-state index contributed by atoms with van der Waals surface area (Å²) in [5.41, 5.74) is 0. The maximum absolute atomic E-state index is 12.7. The summed E-state index contributed by atoms with van der Waals surface area (Å²) in [7, 11) is -3.20. The molecule has 2 aliphatic rings. The standard InChI is InChI=1S/C13H25N3O3S/c1-10-7-14-9-12(10)13(17)16-6-4-3-5-11(16)8-15-20(2,18)19/h10-12,14-15H,3-9H2,1-2H3/t10-,11?,12-/m1/s1. The molecule has 0 bridgehead atoms. The smallest absolute Gasteiger partial charge is 0.227 e. The van der Waals surface area contributed by atoms with Crippen molar-refractivity contribution < 1.29 is 13.2 Å². The first-order valence-corrected chi connectivity index (χ1v) is 9.23. The van der Waals surface area contributed by atoms with Gasteiger partial charge in [0.15, 0.2) is 0 Å². The third-order valence-corrected chi connectivity index (χ3v) is 5.02. The van der Waals surface area contributed by atoms with Gasteiger partial charge in [0.25, 0.3) is 0 Å². The Morgan fingerprint density at radius 3 is 2.70 bits per heavy atom. The van der Waals surface area contributed by atoms with Crippen LogP contribution in [0.2, 0.25) is 0 Å². The number of hydrogen-bond acceptors (Lipinski definition) is 4. The van der Waals surface area contributed by atoms with Gasteiger partial charge in [-0.05, 0) is 31.7 Å². The zero-order chi connectivity index (χ0) is 14.8. The molecule has 20 heavy (non-hydrogen) atoms. The van der Waals surface area contributed by atoms with Crippen LogP contribution in [-0.4, -0.2) is 57.7 Å². The Balaban J connectivity index is 2.00. The molecule has 0 radical (unpaired) electrons. The van der Waals surface area contributed by atoms with Crippen LogP contribution in [0.5, 0.6) is 0 Å². The van der Waals surface area contributed by atoms with Gasteiger partial charge in [0.05, 0.1) is 12.2 Å². The maximum atomic E-state index is 12.7. The Bertz CT molecular complexity index is 452. The van der Waals surface area contributed by atoms with Crippen molar-refractivity contribution in [1.29, 1.82) is 0 Å². The predicted octanol–water partition coefficient (Wildman–Crippen LogP) is -0.228. The molecule has 2 saturated heterocycles. The van der Waals surface area contributed by atoms with Crippen LogP contribution in [0, 0.1) is 11.8 Å². The van der Waals surface area contributed by atoms with Gasteiger partial charge in [0.2, 0.25) is 15.9 Å². The van der Waals surface area contributed by atoms with E-state index < -0.39 is 10.0 Å². The van der Waals surface area contributed by atoms with Gasteiger partial charge in [-0.15, -0.1) is 0 Å². The largest absolute Gasteiger partial charge is 0.338 e. The van der Waals surface area contributed by atoms with Gasteiger partial charge in [-0.3, -0.25) is 4.79 Å². The van der Waals surface area contributed by atoms with E-state index in [9.17, 15) is 13.2 Å². The van der Waals surface area contributed by atoms with E-state index in [1.54, 1.807) is 0 Å². The number of sulfonamides is 1. The van der Waals surface area contributed by atoms with E-state index in [2.05, 4.69) is 17.0 Å². The Hall–Kier alpha value is -0.660. The highest BCUT2D eigenvalue weighted by molar-refractivity contribution is 7.88. The molecule has 0 aromatic heterocycles. The molecule has 6 nitrogen and oxygen atoms in total. The van der Waals surface area contributed by atoms with Crippen LogP contribution < -0.4 is 10.0 Å². The topological polar surface area (TPSA) is 78.5 Å². The van der Waals surface area contributed by atoms with Crippen molar-refractivity contribution >= 4 is 15.9 Å². The summed E-state index contributed by atoms with van der Waals surface area (Å²) in [5.74, 6) is 0.573. The molecular weight excluding hydrogens is 278 g/mol. The SMILES string of the molecule is C[C@@H]1CNC[C@H]1C(=O)N1CCCCC1CNS(C)(=O)=O. The van der Waals surface area contributed by atoms with E-state index in [1.807, 2.05) is 4.90 Å². The number of piperidine rings is 1. The molecule has 0 aliphatic carbocycles. The molecule has 2 rings (SSSR count). The Morgan fingerprint density at radius 2 is 2.10 bits per heavy atom. The molecule has 2 fully saturated rings. The quantitative estimate of drug-likeness (QED) is 0.752. The summed E-state index contributed by atoms with van der Waals surface area (Å²) in [5, 5.41) is 3.25. The number of nitrogens with one attached hydrogen (secondary N) is 2. The van der Waals surface area contributed by atoms with Gasteiger partial charge in [-0.2, -0.15) is 0 Å². The molecular formula is C13H25N3O3S. The summed E-state index contributed by atoms with van der Waals surface area (Å²) in [6, 6.07) is -0.00113. The van der Waals surface area contributed by atoms with Crippen molar-refractivity contribution in [3.63, 3.8) is 0 Å². The summed E-state index contributed by atoms with van der Waals surface area (Å²) in [6.07, 6.45) is 4.10. The Labute approximate surface area is 121 Å². The number of amides is 1. The lowest BCUT2D eigenvalue weighted by Crippen LogP contribution is -2.52. The second kappa shape index (κ2) is 6.41. The molecule has 0 aromatic carbocycles. The summed E-state index contributed by atoms with van der Waals surface area (Å²) < 4.78 is 25.0. The molecule has 1 amide bonds. The van der Waals surface area contributed by atoms with E-state index in [0.29, 0.717) is 12.5 Å². The third-order valence-electron chi connectivity index (χ3n) is 4.33. The Morgan fingerprint density at radius 1 is 1.35 bits per heavy atom. The molecule has 2 N–H and O–H groups in total. The predicted molar refractivity (Wildman–Crippen MR) is 77.7 cm³/mol. The van der Waals surface area contributed by atoms with Crippen LogP contribution in [-0.2, 0) is 14.8 Å². The number of carbonyl (C=O) groups is 1. The van der Waals surface area contributed by atoms with Gasteiger partial charge in [-0.1, -0.05) is 6.92 Å². The minimum Gasteiger partial charge on any atom is -0.338 e. The molecule has 0 spiro atoms. The van der Waals surface area contributed by atoms with Crippen molar-refractivity contribution in [3.8, 4) is 0 Å². The fourth-order valence-corrected chi connectivity index (χ4v) is 3.60. The molecule has 2 heterocycles. The number of nitrogens with zero attached hydrogens (tertiary/aromatic N) is 1. The maximum Gasteiger partial charge on any atom is 0.227 e. The van der Waals surface area contributed by atoms with Crippen molar-refractivity contribution in [2.45, 2.75) is 32.2 Å². The molecule has 0 saturated carbocycles. The lowest BCUT2D eigenvalue weighted by Gasteiger charge is -2.37. The van der Waals surface area contributed by atoms with E-state index in [0.717, 1.165) is 45.2 Å². The number of rotatable bonds is 4. The number of hydrogen-bond donors (Lipinski definition) is 2. The minimum absolute atomic E-state index is 0.00113. The number of carbonyl (C=O) groups excluding carboxylic acids is 1. The second-order valence-electron chi connectivity index (χ2n) is 6.04. The highest BCUT2D eigenvalue weighted by atomic mass is 32.2. The van der Waals surface area contributed by atoms with Gasteiger partial charge in [0.1, 0.15) is 0 Å². The van der Waals surface area contributed by atoms with Crippen LogP contribution in [0.25, 0.3) is 0 Å². The van der Waals surface area contributed by atoms with Gasteiger partial charge in [0, 0.05) is 25.7 Å². The van der Waals surface area contributed by atoms with Crippen LogP contribution in [0.3, 0.4) is 0 Å². The average molecular weight is 303 g/mol. The molecule has 7 heteroatoms. The fraction of sp³-hybridized carbons (Fsp3) is 0.923. The Kier molecular flexibility index (Phi) is 5.04. The molecule has 2 aliphatic heterocycles. The summed E-state index contributed by atoms with van der Waals surface area (Å²) in [6.45, 7) is 4.80. The lowest BCUT2D eigenvalue weighted by atomic mass is 9.93. The zero-order valence-corrected chi connectivity index (χ0v) is 13.1. The third kappa shape index (κ3) is 3.93. The van der Waals surface area contributed by atoms with Gasteiger partial charge in [-0.25, -0.2) is 13.1 Å². The average Bonchev–Trinajstić information content (AvgIpc) is 2.81. The van der Waals surface area contributed by atoms with Crippen LogP contribution in [0.1, 0.15) is 26.2 Å². The van der Waals surface area contributed by atoms with Crippen molar-refractivity contribution in [1.82, 2.24) is 14.9 Å². The minimum atomic E-state index is -3.20. The summed E-state index contributed by atoms with van der Waals surface area (Å²) in [4.78, 5) is 14.6. The van der Waals surface area contributed by atoms with E-state index in [4.69, 9.17) is 0 Å². The molecule has 0 aromatic rings. The van der Waals surface area contributed by atoms with Gasteiger partial charge >= 0.3 is 0 Å². The van der Waals surface area contributed by atoms with E-state index in [-0.39, 0.29) is 17.9 Å². The molecule has 116 valence electrons. The normalized spacial score (nSPS) is 31.5. The van der Waals surface area contributed by atoms with Gasteiger partial charge < -0.3 is 10.2 Å². The van der Waals surface area contributed by atoms with E-state index in [1.165, 1.54) is 0 Å². The highest BCUT2D eigenvalue weighted by Crippen LogP contribution is 2.24. The lowest BCUT2D eigenvalue weighted by molar-refractivity contribution is -0.139. The van der Waals surface area contributed by atoms with Crippen LogP contribution in [0.15, 0.2) is 0 Å². The highest BCUT2D eigenvalue weighted by Gasteiger charge is 2.36. The van der Waals surface area contributed by atoms with Crippen molar-refractivity contribution in [3.05, 3.63) is 0 Å². The van der Waals surface area contributed by atoms with Crippen LogP contribution in [0.4, 0.5) is 0 Å². The first kappa shape index (κ1) is 15.7. The van der Waals surface area contributed by atoms with E-state index >= 15 is 0 Å². The number of likely N-dealkylation sites (tertiary alicyclic amines) is 1. The first-order valence-electron chi connectivity index (χ1n) is 7.34. The zero-order valence-electron chi connectivity index (χ0n) is 12.3. The monoisotopic (exact) mass is 303 g/mol. The molecule has 1 unspecified atom stereocenters. The summed E-state index contributed by atoms with van der Waals surface area (Å²) >= 11 is 0.